The quantitative estimate of drug-likeness (QED) is 0.499. The van der Waals surface area contributed by atoms with Gasteiger partial charge in [0.05, 0.1) is 15.6 Å². The molecule has 0 amide bonds. The number of anilines is 1. The van der Waals surface area contributed by atoms with Crippen LogP contribution in [0.2, 0.25) is 5.02 Å². The molecule has 0 aliphatic carbocycles. The maximum atomic E-state index is 10.6. The number of nitrogens with one attached hydrogen (secondary N) is 1. The molecule has 1 aromatic carbocycles. The van der Waals surface area contributed by atoms with Crippen molar-refractivity contribution in [1.29, 1.82) is 0 Å². The lowest BCUT2D eigenvalue weighted by molar-refractivity contribution is -0.384. The number of hydrogen-bond acceptors (Lipinski definition) is 6. The molecular formula is C12H11ClN4O3. The number of nitrogen functional groups attached to an aromatic ring is 1. The van der Waals surface area contributed by atoms with Crippen LogP contribution in [0.3, 0.4) is 0 Å². The summed E-state index contributed by atoms with van der Waals surface area (Å²) in [5.41, 5.74) is 2.99. The number of hydrogen-bond donors (Lipinski definition) is 2. The van der Waals surface area contributed by atoms with Crippen molar-refractivity contribution in [2.24, 2.45) is 5.84 Å². The van der Waals surface area contributed by atoms with Crippen LogP contribution < -0.4 is 16.0 Å². The van der Waals surface area contributed by atoms with E-state index >= 15 is 0 Å². The first-order valence-corrected chi connectivity index (χ1v) is 5.97. The normalized spacial score (nSPS) is 10.1. The molecule has 2 aromatic rings. The number of nitrogens with zero attached hydrogens (tertiary/aromatic N) is 2. The van der Waals surface area contributed by atoms with Gasteiger partial charge in [0.15, 0.2) is 0 Å². The van der Waals surface area contributed by atoms with Crippen molar-refractivity contribution >= 4 is 23.1 Å². The third-order valence-electron chi connectivity index (χ3n) is 2.46. The molecule has 1 aromatic heterocycles. The molecule has 0 atom stereocenters. The third-order valence-corrected chi connectivity index (χ3v) is 2.75. The summed E-state index contributed by atoms with van der Waals surface area (Å²) in [7, 11) is 0. The van der Waals surface area contributed by atoms with E-state index in [2.05, 4.69) is 10.4 Å². The Morgan fingerprint density at radius 2 is 2.20 bits per heavy atom. The van der Waals surface area contributed by atoms with Crippen LogP contribution in [0, 0.1) is 10.1 Å². The molecule has 0 unspecified atom stereocenters. The molecule has 0 bridgehead atoms. The predicted octanol–water partition coefficient (Wildman–Crippen LogP) is 2.51. The molecule has 0 saturated carbocycles. The Kier molecular flexibility index (Phi) is 4.34. The Morgan fingerprint density at radius 1 is 1.40 bits per heavy atom. The van der Waals surface area contributed by atoms with E-state index in [0.29, 0.717) is 17.3 Å². The standard InChI is InChI=1S/C12H11ClN4O3/c13-10-6-9(17(18)19)4-5-11(10)20-7-8-2-1-3-12(15-8)16-14/h1-6H,7,14H2,(H,15,16). The topological polar surface area (TPSA) is 103 Å². The molecular weight excluding hydrogens is 284 g/mol. The molecule has 7 nitrogen and oxygen atoms in total. The highest BCUT2D eigenvalue weighted by Crippen LogP contribution is 2.29. The average Bonchev–Trinajstić information content (AvgIpc) is 2.46. The van der Waals surface area contributed by atoms with E-state index in [1.807, 2.05) is 0 Å². The zero-order chi connectivity index (χ0) is 14.5. The minimum Gasteiger partial charge on any atom is -0.486 e. The Morgan fingerprint density at radius 3 is 2.85 bits per heavy atom. The number of hydrazine groups is 1. The molecule has 1 heterocycles. The number of pyridine rings is 1. The Labute approximate surface area is 119 Å². The highest BCUT2D eigenvalue weighted by atomic mass is 35.5. The Hall–Kier alpha value is -2.38. The SMILES string of the molecule is NNc1cccc(COc2ccc([N+](=O)[O-])cc2Cl)n1. The predicted molar refractivity (Wildman–Crippen MR) is 74.5 cm³/mol. The summed E-state index contributed by atoms with van der Waals surface area (Å²) in [6, 6.07) is 9.26. The fourth-order valence-corrected chi connectivity index (χ4v) is 1.74. The van der Waals surface area contributed by atoms with Crippen LogP contribution in [0.15, 0.2) is 36.4 Å². The summed E-state index contributed by atoms with van der Waals surface area (Å²) < 4.78 is 5.47. The number of aromatic nitrogens is 1. The fraction of sp³-hybridized carbons (Fsp3) is 0.0833. The number of ether oxygens (including phenoxy) is 1. The van der Waals surface area contributed by atoms with Crippen LogP contribution in [0.5, 0.6) is 5.75 Å². The summed E-state index contributed by atoms with van der Waals surface area (Å²) in [5.74, 6) is 6.12. The maximum absolute atomic E-state index is 10.6. The van der Waals surface area contributed by atoms with Crippen molar-refractivity contribution < 1.29 is 9.66 Å². The Bertz CT molecular complexity index is 636. The number of benzene rings is 1. The van der Waals surface area contributed by atoms with Gasteiger partial charge in [0.2, 0.25) is 0 Å². The molecule has 104 valence electrons. The first-order chi connectivity index (χ1) is 9.60. The van der Waals surface area contributed by atoms with Crippen LogP contribution >= 0.6 is 11.6 Å². The van der Waals surface area contributed by atoms with Crippen LogP contribution in [0.1, 0.15) is 5.69 Å². The largest absolute Gasteiger partial charge is 0.486 e. The van der Waals surface area contributed by atoms with Gasteiger partial charge in [0.1, 0.15) is 18.2 Å². The van der Waals surface area contributed by atoms with Gasteiger partial charge in [-0.25, -0.2) is 10.8 Å². The number of nitro benzene ring substituents is 1. The Balaban J connectivity index is 2.08. The lowest BCUT2D eigenvalue weighted by atomic mass is 10.3. The van der Waals surface area contributed by atoms with Gasteiger partial charge in [0.25, 0.3) is 5.69 Å². The number of non-ortho nitro benzene ring substituents is 1. The van der Waals surface area contributed by atoms with E-state index in [9.17, 15) is 10.1 Å². The van der Waals surface area contributed by atoms with Gasteiger partial charge in [-0.2, -0.15) is 0 Å². The van der Waals surface area contributed by atoms with E-state index in [0.717, 1.165) is 0 Å². The van der Waals surface area contributed by atoms with Gasteiger partial charge in [0, 0.05) is 12.1 Å². The molecule has 0 fully saturated rings. The zero-order valence-electron chi connectivity index (χ0n) is 10.2. The second-order valence-electron chi connectivity index (χ2n) is 3.82. The summed E-state index contributed by atoms with van der Waals surface area (Å²) >= 11 is 5.92. The fourth-order valence-electron chi connectivity index (χ4n) is 1.51. The zero-order valence-corrected chi connectivity index (χ0v) is 11.0. The van der Waals surface area contributed by atoms with Crippen molar-refractivity contribution in [1.82, 2.24) is 4.98 Å². The lowest BCUT2D eigenvalue weighted by Gasteiger charge is -2.08. The van der Waals surface area contributed by atoms with Crippen molar-refractivity contribution in [3.63, 3.8) is 0 Å². The van der Waals surface area contributed by atoms with Gasteiger partial charge < -0.3 is 10.2 Å². The molecule has 0 spiro atoms. The second kappa shape index (κ2) is 6.18. The van der Waals surface area contributed by atoms with E-state index in [1.54, 1.807) is 18.2 Å². The number of nitrogens with two attached hydrogens (primary N) is 1. The summed E-state index contributed by atoms with van der Waals surface area (Å²) in [6.45, 7) is 0.174. The summed E-state index contributed by atoms with van der Waals surface area (Å²) in [5, 5.41) is 10.8. The number of rotatable bonds is 5. The molecule has 8 heteroatoms. The summed E-state index contributed by atoms with van der Waals surface area (Å²) in [4.78, 5) is 14.2. The molecule has 0 saturated heterocycles. The number of halogens is 1. The summed E-state index contributed by atoms with van der Waals surface area (Å²) in [6.07, 6.45) is 0. The highest BCUT2D eigenvalue weighted by Gasteiger charge is 2.10. The van der Waals surface area contributed by atoms with Crippen molar-refractivity contribution in [2.45, 2.75) is 6.61 Å². The highest BCUT2D eigenvalue weighted by molar-refractivity contribution is 6.32. The minimum atomic E-state index is -0.520. The van der Waals surface area contributed by atoms with Crippen LogP contribution in [-0.4, -0.2) is 9.91 Å². The molecule has 0 radical (unpaired) electrons. The van der Waals surface area contributed by atoms with E-state index < -0.39 is 4.92 Å². The van der Waals surface area contributed by atoms with Gasteiger partial charge in [-0.05, 0) is 18.2 Å². The van der Waals surface area contributed by atoms with Crippen molar-refractivity contribution in [3.05, 3.63) is 57.2 Å². The van der Waals surface area contributed by atoms with Crippen molar-refractivity contribution in [3.8, 4) is 5.75 Å². The van der Waals surface area contributed by atoms with Crippen LogP contribution in [0.25, 0.3) is 0 Å². The van der Waals surface area contributed by atoms with Gasteiger partial charge >= 0.3 is 0 Å². The van der Waals surface area contributed by atoms with Crippen LogP contribution in [0.4, 0.5) is 11.5 Å². The average molecular weight is 295 g/mol. The minimum absolute atomic E-state index is 0.0881. The first kappa shape index (κ1) is 14.0. The van der Waals surface area contributed by atoms with Gasteiger partial charge in [-0.15, -0.1) is 0 Å². The second-order valence-corrected chi connectivity index (χ2v) is 4.23. The van der Waals surface area contributed by atoms with Crippen LogP contribution in [-0.2, 0) is 6.61 Å². The molecule has 20 heavy (non-hydrogen) atoms. The van der Waals surface area contributed by atoms with E-state index in [1.165, 1.54) is 18.2 Å². The molecule has 0 aliphatic heterocycles. The van der Waals surface area contributed by atoms with Gasteiger partial charge in [-0.1, -0.05) is 17.7 Å². The molecule has 0 aliphatic rings. The molecule has 3 N–H and O–H groups in total. The monoisotopic (exact) mass is 294 g/mol. The van der Waals surface area contributed by atoms with Crippen molar-refractivity contribution in [2.75, 3.05) is 5.43 Å². The van der Waals surface area contributed by atoms with E-state index in [-0.39, 0.29) is 17.3 Å². The van der Waals surface area contributed by atoms with E-state index in [4.69, 9.17) is 22.2 Å². The lowest BCUT2D eigenvalue weighted by Crippen LogP contribution is -2.09. The molecule has 2 rings (SSSR count). The smallest absolute Gasteiger partial charge is 0.271 e. The third kappa shape index (κ3) is 3.34. The number of nitro groups is 1. The first-order valence-electron chi connectivity index (χ1n) is 5.59. The maximum Gasteiger partial charge on any atom is 0.271 e. The van der Waals surface area contributed by atoms with Gasteiger partial charge in [-0.3, -0.25) is 10.1 Å².